The largest absolute Gasteiger partial charge is 0.497 e. The Morgan fingerprint density at radius 3 is 2.23 bits per heavy atom. The fraction of sp³-hybridized carbons (Fsp3) is 0.609. The molecule has 1 aromatic rings. The summed E-state index contributed by atoms with van der Waals surface area (Å²) in [7, 11) is 3.13. The molecule has 7 heteroatoms. The summed E-state index contributed by atoms with van der Waals surface area (Å²) in [5, 5.41) is 6.54. The second-order valence-electron chi connectivity index (χ2n) is 7.26. The van der Waals surface area contributed by atoms with Gasteiger partial charge in [0.25, 0.3) is 5.91 Å². The Hall–Kier alpha value is -2.57. The van der Waals surface area contributed by atoms with E-state index in [1.807, 2.05) is 0 Å². The summed E-state index contributed by atoms with van der Waals surface area (Å²) in [6, 6.07) is 5.29. The van der Waals surface area contributed by atoms with Gasteiger partial charge in [-0.25, -0.2) is 5.43 Å². The predicted octanol–water partition coefficient (Wildman–Crippen LogP) is 4.19. The molecule has 2 N–H and O–H groups in total. The van der Waals surface area contributed by atoms with E-state index in [-0.39, 0.29) is 18.4 Å². The van der Waals surface area contributed by atoms with Crippen molar-refractivity contribution in [3.63, 3.8) is 0 Å². The molecule has 0 aliphatic rings. The van der Waals surface area contributed by atoms with Gasteiger partial charge in [0.05, 0.1) is 27.0 Å². The van der Waals surface area contributed by atoms with Gasteiger partial charge in [0.2, 0.25) is 5.91 Å². The van der Waals surface area contributed by atoms with Crippen molar-refractivity contribution in [1.29, 1.82) is 0 Å². The zero-order valence-electron chi connectivity index (χ0n) is 18.7. The van der Waals surface area contributed by atoms with Crippen molar-refractivity contribution < 1.29 is 19.1 Å². The number of nitrogens with one attached hydrogen (secondary N) is 2. The molecule has 0 aromatic heterocycles. The summed E-state index contributed by atoms with van der Waals surface area (Å²) in [6.45, 7) is 2.13. The maximum atomic E-state index is 11.8. The van der Waals surface area contributed by atoms with E-state index >= 15 is 0 Å². The van der Waals surface area contributed by atoms with Crippen LogP contribution in [0.15, 0.2) is 23.3 Å². The third-order valence-electron chi connectivity index (χ3n) is 4.78. The summed E-state index contributed by atoms with van der Waals surface area (Å²) >= 11 is 0. The second kappa shape index (κ2) is 16.3. The summed E-state index contributed by atoms with van der Waals surface area (Å²) in [6.07, 6.45) is 12.8. The van der Waals surface area contributed by atoms with Gasteiger partial charge >= 0.3 is 0 Å². The molecule has 0 aliphatic carbocycles. The van der Waals surface area contributed by atoms with Crippen molar-refractivity contribution in [3.8, 4) is 11.5 Å². The fourth-order valence-corrected chi connectivity index (χ4v) is 3.02. The molecule has 0 saturated carbocycles. The third kappa shape index (κ3) is 11.4. The SMILES string of the molecule is CCCCCCCCCCCC(=O)NCC(=O)N/N=C/c1cc(OC)ccc1OC. The first kappa shape index (κ1) is 25.5. The summed E-state index contributed by atoms with van der Waals surface area (Å²) in [5.74, 6) is 0.787. The van der Waals surface area contributed by atoms with Crippen LogP contribution in [0.4, 0.5) is 0 Å². The molecule has 0 fully saturated rings. The number of rotatable bonds is 16. The standard InChI is InChI=1S/C23H37N3O4/c1-4-5-6-7-8-9-10-11-12-13-22(27)24-18-23(28)26-25-17-19-16-20(29-2)14-15-21(19)30-3/h14-17H,4-13,18H2,1-3H3,(H,24,27)(H,26,28)/b25-17+. The highest BCUT2D eigenvalue weighted by molar-refractivity contribution is 5.87. The average molecular weight is 420 g/mol. The van der Waals surface area contributed by atoms with E-state index in [1.54, 1.807) is 32.4 Å². The normalized spacial score (nSPS) is 10.8. The number of carbonyl (C=O) groups is 2. The molecular weight excluding hydrogens is 382 g/mol. The number of methoxy groups -OCH3 is 2. The summed E-state index contributed by atoms with van der Waals surface area (Å²) in [5.41, 5.74) is 3.07. The maximum absolute atomic E-state index is 11.8. The minimum Gasteiger partial charge on any atom is -0.497 e. The number of unbranched alkanes of at least 4 members (excludes halogenated alkanes) is 8. The molecule has 168 valence electrons. The number of ether oxygens (including phenoxy) is 2. The fourth-order valence-electron chi connectivity index (χ4n) is 3.02. The Balaban J connectivity index is 2.16. The van der Waals surface area contributed by atoms with Crippen molar-refractivity contribution in [2.45, 2.75) is 71.1 Å². The van der Waals surface area contributed by atoms with Crippen molar-refractivity contribution in [3.05, 3.63) is 23.8 Å². The molecule has 0 bridgehead atoms. The van der Waals surface area contributed by atoms with Crippen LogP contribution in [0.2, 0.25) is 0 Å². The molecule has 1 rings (SSSR count). The number of hydrogen-bond donors (Lipinski definition) is 2. The molecule has 1 aromatic carbocycles. The molecule has 0 aliphatic heterocycles. The maximum Gasteiger partial charge on any atom is 0.259 e. The van der Waals surface area contributed by atoms with Crippen LogP contribution in [0, 0.1) is 0 Å². The van der Waals surface area contributed by atoms with Crippen molar-refractivity contribution >= 4 is 18.0 Å². The highest BCUT2D eigenvalue weighted by Gasteiger charge is 2.06. The van der Waals surface area contributed by atoms with Crippen LogP contribution in [0.3, 0.4) is 0 Å². The Morgan fingerprint density at radius 1 is 0.933 bits per heavy atom. The highest BCUT2D eigenvalue weighted by Crippen LogP contribution is 2.22. The zero-order valence-corrected chi connectivity index (χ0v) is 18.7. The number of hydrogen-bond acceptors (Lipinski definition) is 5. The van der Waals surface area contributed by atoms with Crippen LogP contribution in [0.25, 0.3) is 0 Å². The minimum atomic E-state index is -0.381. The van der Waals surface area contributed by atoms with E-state index in [1.165, 1.54) is 51.2 Å². The minimum absolute atomic E-state index is 0.0944. The van der Waals surface area contributed by atoms with Gasteiger partial charge in [-0.2, -0.15) is 5.10 Å². The van der Waals surface area contributed by atoms with Gasteiger partial charge in [-0.3, -0.25) is 9.59 Å². The lowest BCUT2D eigenvalue weighted by Crippen LogP contribution is -2.34. The van der Waals surface area contributed by atoms with Crippen LogP contribution in [0.5, 0.6) is 11.5 Å². The van der Waals surface area contributed by atoms with E-state index < -0.39 is 0 Å². The lowest BCUT2D eigenvalue weighted by atomic mass is 10.1. The average Bonchev–Trinajstić information content (AvgIpc) is 2.76. The molecular formula is C23H37N3O4. The summed E-state index contributed by atoms with van der Waals surface area (Å²) < 4.78 is 10.4. The van der Waals surface area contributed by atoms with E-state index in [0.29, 0.717) is 23.5 Å². The van der Waals surface area contributed by atoms with Crippen LogP contribution in [-0.2, 0) is 9.59 Å². The van der Waals surface area contributed by atoms with Gasteiger partial charge in [-0.1, -0.05) is 58.3 Å². The van der Waals surface area contributed by atoms with Crippen molar-refractivity contribution in [2.24, 2.45) is 5.10 Å². The number of amides is 2. The first-order valence-electron chi connectivity index (χ1n) is 10.9. The molecule has 0 spiro atoms. The van der Waals surface area contributed by atoms with Gasteiger partial charge in [0.1, 0.15) is 11.5 Å². The molecule has 0 saturated heterocycles. The molecule has 2 amide bonds. The molecule has 0 atom stereocenters. The molecule has 0 unspecified atom stereocenters. The smallest absolute Gasteiger partial charge is 0.259 e. The number of benzene rings is 1. The van der Waals surface area contributed by atoms with Gasteiger partial charge < -0.3 is 14.8 Å². The quantitative estimate of drug-likeness (QED) is 0.239. The van der Waals surface area contributed by atoms with Gasteiger partial charge in [0, 0.05) is 12.0 Å². The molecule has 0 radical (unpaired) electrons. The van der Waals surface area contributed by atoms with Gasteiger partial charge in [-0.15, -0.1) is 0 Å². The number of nitrogens with zero attached hydrogens (tertiary/aromatic N) is 1. The van der Waals surface area contributed by atoms with Gasteiger partial charge in [-0.05, 0) is 24.6 Å². The van der Waals surface area contributed by atoms with Crippen LogP contribution in [0.1, 0.15) is 76.7 Å². The monoisotopic (exact) mass is 419 g/mol. The molecule has 30 heavy (non-hydrogen) atoms. The summed E-state index contributed by atoms with van der Waals surface area (Å²) in [4.78, 5) is 23.7. The molecule has 7 nitrogen and oxygen atoms in total. The number of carbonyl (C=O) groups excluding carboxylic acids is 2. The highest BCUT2D eigenvalue weighted by atomic mass is 16.5. The second-order valence-corrected chi connectivity index (χ2v) is 7.26. The van der Waals surface area contributed by atoms with Crippen molar-refractivity contribution in [2.75, 3.05) is 20.8 Å². The predicted molar refractivity (Wildman–Crippen MR) is 120 cm³/mol. The van der Waals surface area contributed by atoms with E-state index in [9.17, 15) is 9.59 Å². The Bertz CT molecular complexity index is 662. The Kier molecular flexibility index (Phi) is 13.8. The third-order valence-corrected chi connectivity index (χ3v) is 4.78. The first-order valence-corrected chi connectivity index (χ1v) is 10.9. The van der Waals surface area contributed by atoms with E-state index in [2.05, 4.69) is 22.8 Å². The van der Waals surface area contributed by atoms with Crippen LogP contribution in [-0.4, -0.2) is 38.8 Å². The zero-order chi connectivity index (χ0) is 22.0. The van der Waals surface area contributed by atoms with Crippen LogP contribution >= 0.6 is 0 Å². The Morgan fingerprint density at radius 2 is 1.60 bits per heavy atom. The van der Waals surface area contributed by atoms with Crippen molar-refractivity contribution in [1.82, 2.24) is 10.7 Å². The first-order chi connectivity index (χ1) is 14.6. The van der Waals surface area contributed by atoms with E-state index in [4.69, 9.17) is 9.47 Å². The van der Waals surface area contributed by atoms with Crippen LogP contribution < -0.4 is 20.2 Å². The Labute approximate surface area is 180 Å². The molecule has 0 heterocycles. The lowest BCUT2D eigenvalue weighted by molar-refractivity contribution is -0.126. The topological polar surface area (TPSA) is 89.0 Å². The lowest BCUT2D eigenvalue weighted by Gasteiger charge is -2.07. The van der Waals surface area contributed by atoms with Gasteiger partial charge in [0.15, 0.2) is 0 Å². The van der Waals surface area contributed by atoms with E-state index in [0.717, 1.165) is 12.8 Å². The number of hydrazone groups is 1.